The highest BCUT2D eigenvalue weighted by Crippen LogP contribution is 2.28. The Morgan fingerprint density at radius 3 is 2.32 bits per heavy atom. The van der Waals surface area contributed by atoms with Crippen LogP contribution in [-0.2, 0) is 9.47 Å². The first kappa shape index (κ1) is 16.0. The zero-order valence-corrected chi connectivity index (χ0v) is 13.5. The van der Waals surface area contributed by atoms with Gasteiger partial charge in [0.05, 0.1) is 25.9 Å². The van der Waals surface area contributed by atoms with Crippen LogP contribution in [0.4, 0.5) is 0 Å². The molecule has 116 valence electrons. The number of halogens is 1. The summed E-state index contributed by atoms with van der Waals surface area (Å²) in [5.74, 6) is 0.304. The Hall–Kier alpha value is -2.41. The molecule has 0 saturated carbocycles. The van der Waals surface area contributed by atoms with E-state index < -0.39 is 4.90 Å². The van der Waals surface area contributed by atoms with E-state index >= 15 is 0 Å². The molecule has 2 rings (SSSR count). The van der Waals surface area contributed by atoms with Crippen LogP contribution in [0.3, 0.4) is 0 Å². The molecule has 0 bridgehead atoms. The van der Waals surface area contributed by atoms with E-state index in [9.17, 15) is 15.5 Å². The second-order valence-electron chi connectivity index (χ2n) is 4.34. The van der Waals surface area contributed by atoms with Gasteiger partial charge in [-0.25, -0.2) is 0 Å². The SMILES string of the molecule is COC1=CC(=C(O)c2cccc(Br)c2)C(=[N+]([O-])[O-])C=C1OC. The van der Waals surface area contributed by atoms with Gasteiger partial charge in [0.15, 0.2) is 11.5 Å². The van der Waals surface area contributed by atoms with Crippen molar-refractivity contribution in [3.63, 3.8) is 0 Å². The first-order chi connectivity index (χ1) is 10.5. The summed E-state index contributed by atoms with van der Waals surface area (Å²) in [6.45, 7) is 0. The first-order valence-electron chi connectivity index (χ1n) is 6.20. The Balaban J connectivity index is 2.65. The summed E-state index contributed by atoms with van der Waals surface area (Å²) in [5.41, 5.74) is 0.237. The van der Waals surface area contributed by atoms with Crippen LogP contribution in [0.15, 0.2) is 58.0 Å². The van der Waals surface area contributed by atoms with Crippen LogP contribution in [0.25, 0.3) is 5.76 Å². The molecular formula is C15H13BrNO5-. The van der Waals surface area contributed by atoms with Crippen molar-refractivity contribution in [3.8, 4) is 0 Å². The van der Waals surface area contributed by atoms with Gasteiger partial charge < -0.3 is 25.0 Å². The van der Waals surface area contributed by atoms with Crippen LogP contribution in [0.2, 0.25) is 0 Å². The minimum Gasteiger partial charge on any atom is -0.612 e. The Labute approximate surface area is 135 Å². The third-order valence-corrected chi connectivity index (χ3v) is 3.54. The molecular weight excluding hydrogens is 354 g/mol. The first-order valence-corrected chi connectivity index (χ1v) is 7.00. The maximum Gasteiger partial charge on any atom is 0.237 e. The topological polar surface area (TPSA) is 87.8 Å². The van der Waals surface area contributed by atoms with Crippen LogP contribution in [0, 0.1) is 10.4 Å². The lowest BCUT2D eigenvalue weighted by molar-refractivity contribution is -0.377. The lowest BCUT2D eigenvalue weighted by Crippen LogP contribution is -2.18. The van der Waals surface area contributed by atoms with Crippen molar-refractivity contribution in [2.75, 3.05) is 14.2 Å². The van der Waals surface area contributed by atoms with Gasteiger partial charge in [-0.3, -0.25) is 0 Å². The Bertz CT molecular complexity index is 714. The number of aliphatic hydroxyl groups excluding tert-OH is 1. The monoisotopic (exact) mass is 366 g/mol. The molecule has 0 aromatic heterocycles. The molecule has 22 heavy (non-hydrogen) atoms. The standard InChI is InChI=1S/C15H13BrNO5/c1-21-13-7-11(12(17(19)20)8-14(13)22-2)15(18)9-4-3-5-10(16)6-9/h3-8H,1-2H3,(H-,18,19,20)/q-1. The lowest BCUT2D eigenvalue weighted by Gasteiger charge is -2.18. The summed E-state index contributed by atoms with van der Waals surface area (Å²) >= 11 is 3.30. The number of hydrogen-bond acceptors (Lipinski definition) is 5. The average molecular weight is 367 g/mol. The van der Waals surface area contributed by atoms with Crippen LogP contribution >= 0.6 is 15.9 Å². The zero-order valence-electron chi connectivity index (χ0n) is 11.9. The van der Waals surface area contributed by atoms with Crippen LogP contribution in [-0.4, -0.2) is 29.9 Å². The molecule has 0 amide bonds. The van der Waals surface area contributed by atoms with E-state index in [-0.39, 0.29) is 22.8 Å². The summed E-state index contributed by atoms with van der Waals surface area (Å²) in [6.07, 6.45) is 2.61. The van der Waals surface area contributed by atoms with E-state index in [2.05, 4.69) is 15.9 Å². The van der Waals surface area contributed by atoms with Gasteiger partial charge in [0.1, 0.15) is 5.76 Å². The van der Waals surface area contributed by atoms with Crippen LogP contribution in [0.1, 0.15) is 5.56 Å². The molecule has 0 fully saturated rings. The smallest absolute Gasteiger partial charge is 0.237 e. The van der Waals surface area contributed by atoms with E-state index in [0.29, 0.717) is 11.3 Å². The van der Waals surface area contributed by atoms with E-state index in [1.165, 1.54) is 26.4 Å². The molecule has 0 saturated heterocycles. The third kappa shape index (κ3) is 3.09. The van der Waals surface area contributed by atoms with Gasteiger partial charge >= 0.3 is 0 Å². The summed E-state index contributed by atoms with van der Waals surface area (Å²) < 4.78 is 10.9. The molecule has 7 heteroatoms. The largest absolute Gasteiger partial charge is 0.612 e. The highest BCUT2D eigenvalue weighted by atomic mass is 79.9. The van der Waals surface area contributed by atoms with Gasteiger partial charge in [-0.2, -0.15) is 4.90 Å². The molecule has 0 unspecified atom stereocenters. The van der Waals surface area contributed by atoms with E-state index in [1.54, 1.807) is 24.3 Å². The fourth-order valence-electron chi connectivity index (χ4n) is 2.00. The highest BCUT2D eigenvalue weighted by molar-refractivity contribution is 9.10. The maximum atomic E-state index is 11.3. The molecule has 1 aliphatic carbocycles. The normalized spacial score (nSPS) is 16.6. The van der Waals surface area contributed by atoms with E-state index in [1.807, 2.05) is 0 Å². The van der Waals surface area contributed by atoms with Gasteiger partial charge in [0.2, 0.25) is 5.71 Å². The predicted octanol–water partition coefficient (Wildman–Crippen LogP) is 3.24. The number of rotatable bonds is 3. The molecule has 0 spiro atoms. The van der Waals surface area contributed by atoms with Crippen molar-refractivity contribution in [2.45, 2.75) is 0 Å². The van der Waals surface area contributed by atoms with Crippen molar-refractivity contribution in [1.82, 2.24) is 0 Å². The van der Waals surface area contributed by atoms with Crippen molar-refractivity contribution >= 4 is 27.4 Å². The summed E-state index contributed by atoms with van der Waals surface area (Å²) in [6, 6.07) is 6.83. The highest BCUT2D eigenvalue weighted by Gasteiger charge is 2.25. The van der Waals surface area contributed by atoms with Crippen molar-refractivity contribution in [2.24, 2.45) is 0 Å². The van der Waals surface area contributed by atoms with Crippen LogP contribution in [0.5, 0.6) is 0 Å². The summed E-state index contributed by atoms with van der Waals surface area (Å²) in [7, 11) is 2.81. The minimum atomic E-state index is -0.578. The molecule has 6 nitrogen and oxygen atoms in total. The molecule has 1 N–H and O–H groups in total. The predicted molar refractivity (Wildman–Crippen MR) is 85.9 cm³/mol. The Kier molecular flexibility index (Phi) is 4.77. The fraction of sp³-hybridized carbons (Fsp3) is 0.133. The molecule has 0 radical (unpaired) electrons. The molecule has 1 aromatic rings. The lowest BCUT2D eigenvalue weighted by atomic mass is 9.98. The minimum absolute atomic E-state index is 0.0563. The van der Waals surface area contributed by atoms with Crippen LogP contribution < -0.4 is 0 Å². The molecule has 0 heterocycles. The van der Waals surface area contributed by atoms with E-state index in [4.69, 9.17) is 9.47 Å². The average Bonchev–Trinajstić information content (AvgIpc) is 2.52. The number of hydrogen-bond donors (Lipinski definition) is 1. The number of ether oxygens (including phenoxy) is 2. The van der Waals surface area contributed by atoms with Gasteiger partial charge in [0, 0.05) is 16.1 Å². The van der Waals surface area contributed by atoms with Crippen molar-refractivity contribution in [1.29, 1.82) is 0 Å². The third-order valence-electron chi connectivity index (χ3n) is 3.05. The van der Waals surface area contributed by atoms with Crippen molar-refractivity contribution < 1.29 is 19.5 Å². The van der Waals surface area contributed by atoms with Crippen molar-refractivity contribution in [3.05, 3.63) is 74.0 Å². The number of benzene rings is 1. The molecule has 0 atom stereocenters. The molecule has 1 aliphatic rings. The number of aliphatic hydroxyl groups is 1. The van der Waals surface area contributed by atoms with E-state index in [0.717, 1.165) is 4.47 Å². The van der Waals surface area contributed by atoms with Gasteiger partial charge in [0.25, 0.3) is 0 Å². The maximum absolute atomic E-state index is 11.3. The number of methoxy groups -OCH3 is 2. The zero-order chi connectivity index (χ0) is 16.3. The van der Waals surface area contributed by atoms with Gasteiger partial charge in [-0.1, -0.05) is 28.1 Å². The second kappa shape index (κ2) is 6.57. The summed E-state index contributed by atoms with van der Waals surface area (Å²) in [4.78, 5) is -0.578. The van der Waals surface area contributed by atoms with Gasteiger partial charge in [-0.15, -0.1) is 0 Å². The number of nitrogens with zero attached hydrogens (tertiary/aromatic N) is 1. The fourth-order valence-corrected chi connectivity index (χ4v) is 2.40. The Morgan fingerprint density at radius 1 is 1.14 bits per heavy atom. The quantitative estimate of drug-likeness (QED) is 0.503. The summed E-state index contributed by atoms with van der Waals surface area (Å²) in [5, 5.41) is 33.0. The Morgan fingerprint density at radius 2 is 1.77 bits per heavy atom. The molecule has 0 aliphatic heterocycles. The molecule has 1 aromatic carbocycles. The second-order valence-corrected chi connectivity index (χ2v) is 5.26. The van der Waals surface area contributed by atoms with Gasteiger partial charge in [-0.05, 0) is 12.1 Å². The number of allylic oxidation sites excluding steroid dienone is 3.